The number of aryl methyl sites for hydroxylation is 1. The van der Waals surface area contributed by atoms with Gasteiger partial charge in [0.05, 0.1) is 41.4 Å². The fraction of sp³-hybridized carbons (Fsp3) is 0.406. The highest BCUT2D eigenvalue weighted by Crippen LogP contribution is 2.49. The Morgan fingerprint density at radius 1 is 1.05 bits per heavy atom. The molecular formula is C32H33ClN8O3. The first kappa shape index (κ1) is 27.5. The van der Waals surface area contributed by atoms with Crippen molar-refractivity contribution < 1.29 is 14.2 Å². The molecule has 0 radical (unpaired) electrons. The van der Waals surface area contributed by atoms with E-state index in [1.165, 1.54) is 5.56 Å². The Hall–Kier alpha value is -4.06. The first-order chi connectivity index (χ1) is 21.4. The van der Waals surface area contributed by atoms with Crippen molar-refractivity contribution in [2.45, 2.75) is 64.0 Å². The van der Waals surface area contributed by atoms with Crippen LogP contribution in [-0.2, 0) is 23.6 Å². The third-order valence-corrected chi connectivity index (χ3v) is 9.14. The van der Waals surface area contributed by atoms with E-state index in [9.17, 15) is 0 Å². The van der Waals surface area contributed by atoms with Crippen LogP contribution in [0.2, 0.25) is 5.02 Å². The van der Waals surface area contributed by atoms with Crippen LogP contribution in [0.3, 0.4) is 0 Å². The van der Waals surface area contributed by atoms with Gasteiger partial charge in [-0.2, -0.15) is 5.10 Å². The molecule has 1 aromatic carbocycles. The van der Waals surface area contributed by atoms with Gasteiger partial charge in [-0.25, -0.2) is 9.97 Å². The van der Waals surface area contributed by atoms with Crippen molar-refractivity contribution in [2.24, 2.45) is 0 Å². The van der Waals surface area contributed by atoms with E-state index in [-0.39, 0.29) is 6.10 Å². The highest BCUT2D eigenvalue weighted by molar-refractivity contribution is 6.30. The van der Waals surface area contributed by atoms with Gasteiger partial charge in [0.25, 0.3) is 5.79 Å². The lowest BCUT2D eigenvalue weighted by Crippen LogP contribution is -2.35. The van der Waals surface area contributed by atoms with E-state index in [4.69, 9.17) is 30.8 Å². The minimum absolute atomic E-state index is 0.211. The summed E-state index contributed by atoms with van der Waals surface area (Å²) in [7, 11) is 0. The minimum atomic E-state index is -0.992. The molecule has 1 N–H and O–H groups in total. The predicted octanol–water partition coefficient (Wildman–Crippen LogP) is 5.39. The zero-order valence-corrected chi connectivity index (χ0v) is 25.4. The van der Waals surface area contributed by atoms with Gasteiger partial charge in [-0.1, -0.05) is 23.7 Å². The molecule has 3 aliphatic heterocycles. The number of halogens is 1. The highest BCUT2D eigenvalue weighted by Gasteiger charge is 2.42. The summed E-state index contributed by atoms with van der Waals surface area (Å²) >= 11 is 6.07. The van der Waals surface area contributed by atoms with Gasteiger partial charge in [-0.05, 0) is 69.5 Å². The van der Waals surface area contributed by atoms with Gasteiger partial charge in [-0.3, -0.25) is 20.0 Å². The van der Waals surface area contributed by atoms with Gasteiger partial charge in [0.1, 0.15) is 23.0 Å². The van der Waals surface area contributed by atoms with Crippen LogP contribution in [0.15, 0.2) is 48.8 Å². The number of likely N-dealkylation sites (tertiary alicyclic amines) is 1. The SMILES string of the molecule is Cc1nc(-c2cc3nc(CN4CCC(c5cccc6c5OC(C)(c5ccc(Cl)cn5)O6)CC4)n(C[C@@H]4CCO4)c3cn2)n[nH]1. The smallest absolute Gasteiger partial charge is 0.292 e. The van der Waals surface area contributed by atoms with Gasteiger partial charge in [0.2, 0.25) is 0 Å². The predicted molar refractivity (Wildman–Crippen MR) is 164 cm³/mol. The molecule has 1 unspecified atom stereocenters. The summed E-state index contributed by atoms with van der Waals surface area (Å²) in [5.41, 5.74) is 4.50. The molecule has 0 aliphatic carbocycles. The lowest BCUT2D eigenvalue weighted by molar-refractivity contribution is -0.0722. The molecule has 8 rings (SSSR count). The fourth-order valence-corrected chi connectivity index (χ4v) is 6.54. The van der Waals surface area contributed by atoms with E-state index >= 15 is 0 Å². The lowest BCUT2D eigenvalue weighted by atomic mass is 9.88. The number of aromatic nitrogens is 7. The molecule has 12 heteroatoms. The maximum absolute atomic E-state index is 6.49. The average Bonchev–Trinajstić information content (AvgIpc) is 3.69. The van der Waals surface area contributed by atoms with Crippen molar-refractivity contribution in [1.82, 2.24) is 39.6 Å². The molecule has 4 aromatic heterocycles. The zero-order valence-electron chi connectivity index (χ0n) is 24.7. The number of imidazole rings is 1. The fourth-order valence-electron chi connectivity index (χ4n) is 6.43. The van der Waals surface area contributed by atoms with Crippen LogP contribution in [0.1, 0.15) is 55.0 Å². The number of fused-ring (bicyclic) bond motifs is 2. The molecule has 226 valence electrons. The highest BCUT2D eigenvalue weighted by atomic mass is 35.5. The average molecular weight is 613 g/mol. The molecule has 7 heterocycles. The van der Waals surface area contributed by atoms with Gasteiger partial charge < -0.3 is 18.8 Å². The standard InChI is InChI=1S/C32H33ClN8O3/c1-19-36-31(39-38-19)25-14-24-26(16-34-25)41(17-22-10-13-42-22)29(37-24)18-40-11-8-20(9-12-40)23-4-3-5-27-30(23)44-32(2,43-27)28-7-6-21(33)15-35-28/h3-7,14-16,20,22H,8-13,17-18H2,1-2H3,(H,36,38,39)/t22-,32?/m0/s1. The number of hydrogen-bond donors (Lipinski definition) is 1. The van der Waals surface area contributed by atoms with E-state index in [1.807, 2.05) is 44.3 Å². The van der Waals surface area contributed by atoms with Crippen molar-refractivity contribution in [2.75, 3.05) is 19.7 Å². The summed E-state index contributed by atoms with van der Waals surface area (Å²) < 4.78 is 20.9. The molecule has 0 spiro atoms. The summed E-state index contributed by atoms with van der Waals surface area (Å²) in [5.74, 6) is 3.31. The minimum Gasteiger partial charge on any atom is -0.443 e. The van der Waals surface area contributed by atoms with Crippen LogP contribution in [-0.4, -0.2) is 65.4 Å². The third kappa shape index (κ3) is 4.98. The molecule has 2 saturated heterocycles. The number of benzene rings is 1. The van der Waals surface area contributed by atoms with Crippen LogP contribution in [0.25, 0.3) is 22.6 Å². The van der Waals surface area contributed by atoms with Gasteiger partial charge >= 0.3 is 0 Å². The van der Waals surface area contributed by atoms with Crippen LogP contribution in [0.5, 0.6) is 11.5 Å². The topological polar surface area (TPSA) is 116 Å². The van der Waals surface area contributed by atoms with Crippen molar-refractivity contribution in [1.29, 1.82) is 0 Å². The molecule has 44 heavy (non-hydrogen) atoms. The number of para-hydroxylation sites is 1. The molecule has 0 saturated carbocycles. The van der Waals surface area contributed by atoms with Crippen molar-refractivity contribution in [3.8, 4) is 23.0 Å². The molecule has 3 aliphatic rings. The molecule has 5 aromatic rings. The van der Waals surface area contributed by atoms with Crippen LogP contribution in [0, 0.1) is 6.92 Å². The Labute approximate surface area is 259 Å². The van der Waals surface area contributed by atoms with Crippen molar-refractivity contribution >= 4 is 22.6 Å². The number of piperidine rings is 1. The summed E-state index contributed by atoms with van der Waals surface area (Å²) in [4.78, 5) is 21.2. The molecule has 11 nitrogen and oxygen atoms in total. The maximum atomic E-state index is 6.49. The molecule has 0 bridgehead atoms. The number of aromatic amines is 1. The third-order valence-electron chi connectivity index (χ3n) is 8.92. The quantitative estimate of drug-likeness (QED) is 0.258. The van der Waals surface area contributed by atoms with Crippen LogP contribution in [0.4, 0.5) is 0 Å². The Morgan fingerprint density at radius 3 is 2.64 bits per heavy atom. The van der Waals surface area contributed by atoms with Crippen molar-refractivity contribution in [3.63, 3.8) is 0 Å². The van der Waals surface area contributed by atoms with Gasteiger partial charge in [0.15, 0.2) is 17.3 Å². The second-order valence-corrected chi connectivity index (χ2v) is 12.4. The molecule has 0 amide bonds. The molecular weight excluding hydrogens is 580 g/mol. The first-order valence-corrected chi connectivity index (χ1v) is 15.5. The number of nitrogens with one attached hydrogen (secondary N) is 1. The van der Waals surface area contributed by atoms with E-state index in [0.29, 0.717) is 28.2 Å². The number of hydrogen-bond acceptors (Lipinski definition) is 9. The van der Waals surface area contributed by atoms with E-state index in [1.54, 1.807) is 6.20 Å². The normalized spacial score (nSPS) is 22.0. The first-order valence-electron chi connectivity index (χ1n) is 15.1. The van der Waals surface area contributed by atoms with Gasteiger partial charge in [0, 0.05) is 25.3 Å². The number of pyridine rings is 2. The zero-order chi connectivity index (χ0) is 29.8. The number of ether oxygens (including phenoxy) is 3. The maximum Gasteiger partial charge on any atom is 0.292 e. The Kier molecular flexibility index (Phi) is 6.77. The van der Waals surface area contributed by atoms with E-state index < -0.39 is 5.79 Å². The largest absolute Gasteiger partial charge is 0.443 e. The second kappa shape index (κ2) is 10.8. The Morgan fingerprint density at radius 2 is 1.91 bits per heavy atom. The molecule has 2 fully saturated rings. The monoisotopic (exact) mass is 612 g/mol. The van der Waals surface area contributed by atoms with Crippen molar-refractivity contribution in [3.05, 3.63) is 76.7 Å². The molecule has 2 atom stereocenters. The number of nitrogens with zero attached hydrogens (tertiary/aromatic N) is 7. The summed E-state index contributed by atoms with van der Waals surface area (Å²) in [6, 6.07) is 11.8. The number of rotatable bonds is 7. The van der Waals surface area contributed by atoms with Crippen LogP contribution >= 0.6 is 11.6 Å². The summed E-state index contributed by atoms with van der Waals surface area (Å²) in [6.07, 6.45) is 6.81. The summed E-state index contributed by atoms with van der Waals surface area (Å²) in [5, 5.41) is 7.76. The van der Waals surface area contributed by atoms with E-state index in [0.717, 1.165) is 86.2 Å². The van der Waals surface area contributed by atoms with Crippen LogP contribution < -0.4 is 9.47 Å². The Balaban J connectivity index is 0.997. The number of H-pyrrole nitrogens is 1. The van der Waals surface area contributed by atoms with Gasteiger partial charge in [-0.15, -0.1) is 0 Å². The lowest BCUT2D eigenvalue weighted by Gasteiger charge is -2.33. The second-order valence-electron chi connectivity index (χ2n) is 12.0. The van der Waals surface area contributed by atoms with E-state index in [2.05, 4.69) is 46.7 Å². The summed E-state index contributed by atoms with van der Waals surface area (Å²) in [6.45, 7) is 8.04. The Bertz CT molecular complexity index is 1830.